The van der Waals surface area contributed by atoms with Gasteiger partial charge < -0.3 is 0 Å². The number of nitrogens with one attached hydrogen (secondary N) is 1. The minimum Gasteiger partial charge on any atom is -0.268 e. The molecule has 0 aliphatic rings. The Morgan fingerprint density at radius 1 is 1.24 bits per heavy atom. The van der Waals surface area contributed by atoms with Gasteiger partial charge in [-0.3, -0.25) is 9.78 Å². The van der Waals surface area contributed by atoms with Crippen molar-refractivity contribution in [3.63, 3.8) is 0 Å². The minimum absolute atomic E-state index is 0.167. The molecule has 0 atom stereocenters. The molecule has 1 heterocycles. The van der Waals surface area contributed by atoms with E-state index >= 15 is 0 Å². The van der Waals surface area contributed by atoms with Crippen LogP contribution in [0.15, 0.2) is 46.0 Å². The number of nitriles is 1. The van der Waals surface area contributed by atoms with Crippen LogP contribution in [0.3, 0.4) is 0 Å². The molecule has 1 N–H and O–H groups in total. The summed E-state index contributed by atoms with van der Waals surface area (Å²) in [5.74, 6) is -1.15. The zero-order valence-corrected chi connectivity index (χ0v) is 14.4. The van der Waals surface area contributed by atoms with E-state index < -0.39 is 32.6 Å². The molecule has 6 nitrogen and oxygen atoms in total. The van der Waals surface area contributed by atoms with Gasteiger partial charge in [-0.05, 0) is 40.2 Å². The number of halogens is 4. The number of hydrogen-bond donors (Lipinski definition) is 1. The van der Waals surface area contributed by atoms with E-state index in [4.69, 9.17) is 5.26 Å². The van der Waals surface area contributed by atoms with Gasteiger partial charge in [-0.1, -0.05) is 0 Å². The van der Waals surface area contributed by atoms with Crippen molar-refractivity contribution in [2.45, 2.75) is 11.1 Å². The molecule has 2 aromatic rings. The van der Waals surface area contributed by atoms with Gasteiger partial charge in [0.1, 0.15) is 0 Å². The molecule has 1 amide bonds. The average Bonchev–Trinajstić information content (AvgIpc) is 2.53. The summed E-state index contributed by atoms with van der Waals surface area (Å²) in [4.78, 5) is 14.5. The number of benzene rings is 1. The number of hydrogen-bond acceptors (Lipinski definition) is 5. The van der Waals surface area contributed by atoms with Crippen molar-refractivity contribution in [1.82, 2.24) is 9.71 Å². The van der Waals surface area contributed by atoms with Crippen molar-refractivity contribution in [3.8, 4) is 6.07 Å². The average molecular weight is 434 g/mol. The highest BCUT2D eigenvalue weighted by Crippen LogP contribution is 2.34. The first-order valence-electron chi connectivity index (χ1n) is 6.33. The Kier molecular flexibility index (Phi) is 5.15. The quantitative estimate of drug-likeness (QED) is 0.801. The first kappa shape index (κ1) is 18.9. The lowest BCUT2D eigenvalue weighted by Gasteiger charge is -2.14. The molecule has 11 heteroatoms. The summed E-state index contributed by atoms with van der Waals surface area (Å²) in [7, 11) is -4.83. The van der Waals surface area contributed by atoms with E-state index in [1.165, 1.54) is 18.3 Å². The fraction of sp³-hybridized carbons (Fsp3) is 0.0714. The molecule has 2 rings (SSSR count). The van der Waals surface area contributed by atoms with Gasteiger partial charge in [0.2, 0.25) is 0 Å². The molecule has 1 aromatic heterocycles. The van der Waals surface area contributed by atoms with Gasteiger partial charge in [0.15, 0.2) is 0 Å². The normalized spacial score (nSPS) is 11.6. The zero-order valence-electron chi connectivity index (χ0n) is 12.0. The molecule has 0 unspecified atom stereocenters. The molecular weight excluding hydrogens is 427 g/mol. The summed E-state index contributed by atoms with van der Waals surface area (Å²) < 4.78 is 65.7. The second-order valence-corrected chi connectivity index (χ2v) is 7.21. The summed E-state index contributed by atoms with van der Waals surface area (Å²) in [5, 5.41) is 8.69. The van der Waals surface area contributed by atoms with Crippen molar-refractivity contribution < 1.29 is 26.4 Å². The second kappa shape index (κ2) is 6.81. The highest BCUT2D eigenvalue weighted by molar-refractivity contribution is 9.10. The lowest BCUT2D eigenvalue weighted by atomic mass is 10.1. The monoisotopic (exact) mass is 433 g/mol. The minimum atomic E-state index is -5.03. The molecule has 0 spiro atoms. The second-order valence-electron chi connectivity index (χ2n) is 4.65. The fourth-order valence-electron chi connectivity index (χ4n) is 1.83. The van der Waals surface area contributed by atoms with Crippen LogP contribution in [0.5, 0.6) is 0 Å². The van der Waals surface area contributed by atoms with E-state index in [0.29, 0.717) is 16.6 Å². The Morgan fingerprint density at radius 2 is 1.92 bits per heavy atom. The predicted molar refractivity (Wildman–Crippen MR) is 82.7 cm³/mol. The Morgan fingerprint density at radius 3 is 2.48 bits per heavy atom. The molecule has 1 aromatic carbocycles. The van der Waals surface area contributed by atoms with Crippen molar-refractivity contribution in [1.29, 1.82) is 5.26 Å². The lowest BCUT2D eigenvalue weighted by molar-refractivity contribution is -0.139. The zero-order chi connectivity index (χ0) is 18.8. The van der Waals surface area contributed by atoms with Gasteiger partial charge in [-0.2, -0.15) is 18.4 Å². The van der Waals surface area contributed by atoms with Gasteiger partial charge in [-0.15, -0.1) is 0 Å². The van der Waals surface area contributed by atoms with Crippen LogP contribution < -0.4 is 4.72 Å². The predicted octanol–water partition coefficient (Wildman–Crippen LogP) is 2.85. The number of sulfonamides is 1. The maximum absolute atomic E-state index is 13.1. The smallest absolute Gasteiger partial charge is 0.268 e. The van der Waals surface area contributed by atoms with Crippen LogP contribution in [0.2, 0.25) is 0 Å². The van der Waals surface area contributed by atoms with Crippen LogP contribution in [0.25, 0.3) is 0 Å². The summed E-state index contributed by atoms with van der Waals surface area (Å²) in [6, 6.07) is 4.68. The molecule has 0 saturated heterocycles. The van der Waals surface area contributed by atoms with Crippen molar-refractivity contribution in [2.75, 3.05) is 0 Å². The molecule has 0 fully saturated rings. The van der Waals surface area contributed by atoms with Gasteiger partial charge in [0, 0.05) is 16.9 Å². The van der Waals surface area contributed by atoms with Crippen LogP contribution >= 0.6 is 15.9 Å². The molecule has 130 valence electrons. The third kappa shape index (κ3) is 4.34. The molecular formula is C14H7BrF3N3O3S. The third-order valence-electron chi connectivity index (χ3n) is 2.90. The van der Waals surface area contributed by atoms with Gasteiger partial charge in [0.25, 0.3) is 15.9 Å². The Bertz CT molecular complexity index is 985. The van der Waals surface area contributed by atoms with Crippen LogP contribution in [-0.4, -0.2) is 19.3 Å². The molecule has 0 aliphatic carbocycles. The number of aromatic nitrogens is 1. The number of nitrogens with zero attached hydrogens (tertiary/aromatic N) is 2. The third-order valence-corrected chi connectivity index (χ3v) is 4.72. The highest BCUT2D eigenvalue weighted by Gasteiger charge is 2.38. The topological polar surface area (TPSA) is 99.9 Å². The Labute approximate surface area is 148 Å². The number of pyridine rings is 1. The van der Waals surface area contributed by atoms with Crippen molar-refractivity contribution in [2.24, 2.45) is 0 Å². The number of carbonyl (C=O) groups excluding carboxylic acids is 1. The summed E-state index contributed by atoms with van der Waals surface area (Å²) in [5.41, 5.74) is -2.08. The van der Waals surface area contributed by atoms with E-state index in [0.717, 1.165) is 12.3 Å². The number of amides is 1. The Balaban J connectivity index is 2.47. The van der Waals surface area contributed by atoms with Crippen molar-refractivity contribution >= 4 is 31.9 Å². The lowest BCUT2D eigenvalue weighted by Crippen LogP contribution is -2.32. The van der Waals surface area contributed by atoms with Crippen LogP contribution in [-0.2, 0) is 16.2 Å². The van der Waals surface area contributed by atoms with E-state index in [2.05, 4.69) is 20.9 Å². The SMILES string of the molecule is N#Cc1ccc(S(=O)(=O)NC(=O)c2cncc(Br)c2)c(C(F)(F)F)c1. The van der Waals surface area contributed by atoms with Gasteiger partial charge in [0.05, 0.1) is 27.7 Å². The maximum atomic E-state index is 13.1. The summed E-state index contributed by atoms with van der Waals surface area (Å²) >= 11 is 3.04. The molecule has 0 bridgehead atoms. The van der Waals surface area contributed by atoms with Crippen molar-refractivity contribution in [3.05, 3.63) is 57.8 Å². The van der Waals surface area contributed by atoms with E-state index in [-0.39, 0.29) is 11.1 Å². The fourth-order valence-corrected chi connectivity index (χ4v) is 3.38. The number of rotatable bonds is 3. The highest BCUT2D eigenvalue weighted by atomic mass is 79.9. The summed E-state index contributed by atoms with van der Waals surface area (Å²) in [6.07, 6.45) is -2.63. The molecule has 0 aliphatic heterocycles. The molecule has 0 radical (unpaired) electrons. The van der Waals surface area contributed by atoms with Gasteiger partial charge in [-0.25, -0.2) is 13.1 Å². The van der Waals surface area contributed by atoms with Gasteiger partial charge >= 0.3 is 6.18 Å². The van der Waals surface area contributed by atoms with E-state index in [1.807, 2.05) is 0 Å². The van der Waals surface area contributed by atoms with Crippen LogP contribution in [0, 0.1) is 11.3 Å². The van der Waals surface area contributed by atoms with E-state index in [9.17, 15) is 26.4 Å². The van der Waals surface area contributed by atoms with E-state index in [1.54, 1.807) is 4.72 Å². The Hall–Kier alpha value is -2.45. The number of alkyl halides is 3. The maximum Gasteiger partial charge on any atom is 0.417 e. The molecule has 25 heavy (non-hydrogen) atoms. The largest absolute Gasteiger partial charge is 0.417 e. The first-order chi connectivity index (χ1) is 11.5. The molecule has 0 saturated carbocycles. The van der Waals surface area contributed by atoms with Crippen LogP contribution in [0.1, 0.15) is 21.5 Å². The summed E-state index contributed by atoms with van der Waals surface area (Å²) in [6.45, 7) is 0. The first-order valence-corrected chi connectivity index (χ1v) is 8.61. The van der Waals surface area contributed by atoms with Crippen LogP contribution in [0.4, 0.5) is 13.2 Å². The standard InChI is InChI=1S/C14H7BrF3N3O3S/c15-10-4-9(6-20-7-10)13(22)21-25(23,24)12-2-1-8(5-19)3-11(12)14(16,17)18/h1-4,6-7H,(H,21,22). The number of carbonyl (C=O) groups is 1.